The average Bonchev–Trinajstić information content (AvgIpc) is 2.81. The van der Waals surface area contributed by atoms with Crippen molar-refractivity contribution in [2.45, 2.75) is 25.3 Å². The van der Waals surface area contributed by atoms with E-state index in [0.29, 0.717) is 28.2 Å². The number of nitrogens with one attached hydrogen (secondary N) is 2. The van der Waals surface area contributed by atoms with Crippen molar-refractivity contribution in [1.29, 1.82) is 0 Å². The maximum Gasteiger partial charge on any atom is 0.252 e. The summed E-state index contributed by atoms with van der Waals surface area (Å²) in [5.41, 5.74) is 0.473. The molecule has 1 fully saturated rings. The Morgan fingerprint density at radius 2 is 2.28 bits per heavy atom. The highest BCUT2D eigenvalue weighted by molar-refractivity contribution is 6.36. The first kappa shape index (κ1) is 13.7. The molecule has 1 aliphatic heterocycles. The van der Waals surface area contributed by atoms with E-state index in [4.69, 9.17) is 23.2 Å². The molecule has 1 atom stereocenters. The van der Waals surface area contributed by atoms with Crippen LogP contribution < -0.4 is 10.6 Å². The molecular weight excluding hydrogens is 271 g/mol. The largest absolute Gasteiger partial charge is 0.352 e. The van der Waals surface area contributed by atoms with Crippen LogP contribution in [0, 0.1) is 0 Å². The molecule has 18 heavy (non-hydrogen) atoms. The minimum atomic E-state index is -0.144. The molecular formula is C13H16Cl2N2O. The van der Waals surface area contributed by atoms with Crippen LogP contribution in [0.2, 0.25) is 10.0 Å². The Morgan fingerprint density at radius 3 is 2.94 bits per heavy atom. The second-order valence-electron chi connectivity index (χ2n) is 4.46. The number of hydrogen-bond donors (Lipinski definition) is 2. The van der Waals surface area contributed by atoms with Crippen molar-refractivity contribution in [1.82, 2.24) is 10.6 Å². The van der Waals surface area contributed by atoms with Gasteiger partial charge in [0.2, 0.25) is 0 Å². The van der Waals surface area contributed by atoms with Crippen LogP contribution in [-0.4, -0.2) is 25.0 Å². The highest BCUT2D eigenvalue weighted by atomic mass is 35.5. The van der Waals surface area contributed by atoms with Crippen molar-refractivity contribution >= 4 is 29.1 Å². The summed E-state index contributed by atoms with van der Waals surface area (Å²) < 4.78 is 0. The van der Waals surface area contributed by atoms with Gasteiger partial charge in [-0.3, -0.25) is 4.79 Å². The van der Waals surface area contributed by atoms with Crippen molar-refractivity contribution in [3.05, 3.63) is 33.8 Å². The van der Waals surface area contributed by atoms with Crippen molar-refractivity contribution in [2.24, 2.45) is 0 Å². The van der Waals surface area contributed by atoms with Gasteiger partial charge in [-0.15, -0.1) is 0 Å². The lowest BCUT2D eigenvalue weighted by molar-refractivity contribution is 0.0952. The molecule has 5 heteroatoms. The quantitative estimate of drug-likeness (QED) is 0.894. The summed E-state index contributed by atoms with van der Waals surface area (Å²) in [5, 5.41) is 7.20. The highest BCUT2D eigenvalue weighted by Crippen LogP contribution is 2.20. The zero-order valence-electron chi connectivity index (χ0n) is 10.0. The van der Waals surface area contributed by atoms with Crippen molar-refractivity contribution in [3.63, 3.8) is 0 Å². The summed E-state index contributed by atoms with van der Waals surface area (Å²) in [6, 6.07) is 5.43. The maximum absolute atomic E-state index is 11.9. The summed E-state index contributed by atoms with van der Waals surface area (Å²) in [6.07, 6.45) is 3.37. The molecule has 2 N–H and O–H groups in total. The van der Waals surface area contributed by atoms with Gasteiger partial charge in [0.15, 0.2) is 0 Å². The second-order valence-corrected chi connectivity index (χ2v) is 5.31. The smallest absolute Gasteiger partial charge is 0.252 e. The van der Waals surface area contributed by atoms with Crippen LogP contribution >= 0.6 is 23.2 Å². The fourth-order valence-electron chi connectivity index (χ4n) is 2.13. The first-order valence-electron chi connectivity index (χ1n) is 6.13. The van der Waals surface area contributed by atoms with Crippen LogP contribution in [0.15, 0.2) is 18.2 Å². The lowest BCUT2D eigenvalue weighted by Crippen LogP contribution is -2.30. The standard InChI is InChI=1S/C13H16Cl2N2O/c14-9-3-4-11(12(15)8-9)13(18)17-7-5-10-2-1-6-16-10/h3-4,8,10,16H,1-2,5-7H2,(H,17,18)/t10-/m1/s1. The monoisotopic (exact) mass is 286 g/mol. The molecule has 1 amide bonds. The van der Waals surface area contributed by atoms with Crippen LogP contribution in [0.4, 0.5) is 0 Å². The number of carbonyl (C=O) groups excluding carboxylic acids is 1. The molecule has 98 valence electrons. The van der Waals surface area contributed by atoms with Crippen LogP contribution in [0.5, 0.6) is 0 Å². The number of hydrogen-bond acceptors (Lipinski definition) is 2. The topological polar surface area (TPSA) is 41.1 Å². The van der Waals surface area contributed by atoms with E-state index in [9.17, 15) is 4.79 Å². The van der Waals surface area contributed by atoms with Gasteiger partial charge in [-0.05, 0) is 44.0 Å². The van der Waals surface area contributed by atoms with Gasteiger partial charge in [0.1, 0.15) is 0 Å². The molecule has 1 aromatic rings. The van der Waals surface area contributed by atoms with Crippen LogP contribution in [-0.2, 0) is 0 Å². The van der Waals surface area contributed by atoms with E-state index in [1.54, 1.807) is 18.2 Å². The molecule has 1 aromatic carbocycles. The Kier molecular flexibility index (Phi) is 4.87. The molecule has 1 heterocycles. The lowest BCUT2D eigenvalue weighted by Gasteiger charge is -2.11. The van der Waals surface area contributed by atoms with Gasteiger partial charge in [0.05, 0.1) is 10.6 Å². The normalized spacial score (nSPS) is 18.9. The van der Waals surface area contributed by atoms with Gasteiger partial charge in [0, 0.05) is 17.6 Å². The summed E-state index contributed by atoms with van der Waals surface area (Å²) in [5.74, 6) is -0.144. The first-order chi connectivity index (χ1) is 8.66. The van der Waals surface area contributed by atoms with E-state index in [1.165, 1.54) is 12.8 Å². The molecule has 0 spiro atoms. The lowest BCUT2D eigenvalue weighted by atomic mass is 10.1. The van der Waals surface area contributed by atoms with E-state index in [1.807, 2.05) is 0 Å². The SMILES string of the molecule is O=C(NCC[C@H]1CCCN1)c1ccc(Cl)cc1Cl. The Balaban J connectivity index is 1.83. The van der Waals surface area contributed by atoms with E-state index < -0.39 is 0 Å². The third-order valence-corrected chi connectivity index (χ3v) is 3.66. The van der Waals surface area contributed by atoms with E-state index in [-0.39, 0.29) is 5.91 Å². The summed E-state index contributed by atoms with van der Waals surface area (Å²) in [4.78, 5) is 11.9. The molecule has 0 unspecified atom stereocenters. The first-order valence-corrected chi connectivity index (χ1v) is 6.89. The van der Waals surface area contributed by atoms with E-state index >= 15 is 0 Å². The predicted octanol–water partition coefficient (Wildman–Crippen LogP) is 2.87. The summed E-state index contributed by atoms with van der Waals surface area (Å²) in [7, 11) is 0. The number of benzene rings is 1. The molecule has 1 aliphatic rings. The minimum absolute atomic E-state index is 0.144. The number of carbonyl (C=O) groups is 1. The fraction of sp³-hybridized carbons (Fsp3) is 0.462. The fourth-order valence-corrected chi connectivity index (χ4v) is 2.63. The molecule has 0 radical (unpaired) electrons. The summed E-state index contributed by atoms with van der Waals surface area (Å²) in [6.45, 7) is 1.75. The van der Waals surface area contributed by atoms with Crippen molar-refractivity contribution in [2.75, 3.05) is 13.1 Å². The van der Waals surface area contributed by atoms with Gasteiger partial charge in [-0.2, -0.15) is 0 Å². The Hall–Kier alpha value is -0.770. The van der Waals surface area contributed by atoms with E-state index in [0.717, 1.165) is 13.0 Å². The highest BCUT2D eigenvalue weighted by Gasteiger charge is 2.15. The minimum Gasteiger partial charge on any atom is -0.352 e. The van der Waals surface area contributed by atoms with Crippen LogP contribution in [0.25, 0.3) is 0 Å². The van der Waals surface area contributed by atoms with Gasteiger partial charge in [0.25, 0.3) is 5.91 Å². The van der Waals surface area contributed by atoms with Gasteiger partial charge < -0.3 is 10.6 Å². The maximum atomic E-state index is 11.9. The zero-order valence-corrected chi connectivity index (χ0v) is 11.5. The molecule has 0 aromatic heterocycles. The number of rotatable bonds is 4. The molecule has 3 nitrogen and oxygen atoms in total. The third kappa shape index (κ3) is 3.61. The third-order valence-electron chi connectivity index (χ3n) is 3.12. The number of amides is 1. The molecule has 1 saturated heterocycles. The number of halogens is 2. The van der Waals surface area contributed by atoms with E-state index in [2.05, 4.69) is 10.6 Å². The van der Waals surface area contributed by atoms with Gasteiger partial charge >= 0.3 is 0 Å². The molecule has 2 rings (SSSR count). The Labute approximate surface area is 117 Å². The predicted molar refractivity (Wildman–Crippen MR) is 74.4 cm³/mol. The Bertz CT molecular complexity index is 431. The summed E-state index contributed by atoms with van der Waals surface area (Å²) >= 11 is 11.8. The molecule has 0 aliphatic carbocycles. The molecule has 0 bridgehead atoms. The van der Waals surface area contributed by atoms with Gasteiger partial charge in [-0.25, -0.2) is 0 Å². The average molecular weight is 287 g/mol. The second kappa shape index (κ2) is 6.41. The zero-order chi connectivity index (χ0) is 13.0. The van der Waals surface area contributed by atoms with Crippen molar-refractivity contribution in [3.8, 4) is 0 Å². The van der Waals surface area contributed by atoms with Crippen LogP contribution in [0.3, 0.4) is 0 Å². The molecule has 0 saturated carbocycles. The Morgan fingerprint density at radius 1 is 1.44 bits per heavy atom. The van der Waals surface area contributed by atoms with Crippen LogP contribution in [0.1, 0.15) is 29.6 Å². The van der Waals surface area contributed by atoms with Crippen molar-refractivity contribution < 1.29 is 4.79 Å². The van der Waals surface area contributed by atoms with Gasteiger partial charge in [-0.1, -0.05) is 23.2 Å².